The molecule has 0 spiro atoms. The Morgan fingerprint density at radius 3 is 1.16 bits per heavy atom. The first-order valence-electron chi connectivity index (χ1n) is 17.4. The number of nitrogens with zero attached hydrogens (tertiary/aromatic N) is 1. The van der Waals surface area contributed by atoms with Gasteiger partial charge in [-0.3, -0.25) is 4.84 Å². The van der Waals surface area contributed by atoms with Crippen molar-refractivity contribution in [2.45, 2.75) is 213 Å². The smallest absolute Gasteiger partial charge is 0.0685 e. The van der Waals surface area contributed by atoms with Crippen LogP contribution in [0.2, 0.25) is 0 Å². The highest BCUT2D eigenvalue weighted by molar-refractivity contribution is 4.97. The van der Waals surface area contributed by atoms with Gasteiger partial charge in [0.15, 0.2) is 0 Å². The van der Waals surface area contributed by atoms with E-state index >= 15 is 0 Å². The second-order valence-corrected chi connectivity index (χ2v) is 13.7. The highest BCUT2D eigenvalue weighted by Gasteiger charge is 2.46. The summed E-state index contributed by atoms with van der Waals surface area (Å²) in [6.07, 6.45) is 33.0. The van der Waals surface area contributed by atoms with Crippen LogP contribution in [0.3, 0.4) is 0 Å². The van der Waals surface area contributed by atoms with Crippen molar-refractivity contribution in [3.63, 3.8) is 0 Å². The minimum absolute atomic E-state index is 0.0171. The van der Waals surface area contributed by atoms with Gasteiger partial charge in [-0.05, 0) is 53.4 Å². The van der Waals surface area contributed by atoms with Crippen LogP contribution in [-0.2, 0) is 9.57 Å². The zero-order valence-corrected chi connectivity index (χ0v) is 27.2. The van der Waals surface area contributed by atoms with Crippen molar-refractivity contribution in [2.75, 3.05) is 13.2 Å². The molecule has 228 valence electrons. The topological polar surface area (TPSA) is 21.7 Å². The molecule has 1 aliphatic heterocycles. The fourth-order valence-corrected chi connectivity index (χ4v) is 6.58. The molecule has 1 heterocycles. The summed E-state index contributed by atoms with van der Waals surface area (Å²) in [5.41, 5.74) is 0.0342. The lowest BCUT2D eigenvalue weighted by Crippen LogP contribution is -2.61. The molecular formula is C35H71NO2. The summed E-state index contributed by atoms with van der Waals surface area (Å²) in [5, 5.41) is 2.31. The number of piperidine rings is 1. The maximum Gasteiger partial charge on any atom is 0.0685 e. The van der Waals surface area contributed by atoms with E-state index in [-0.39, 0.29) is 11.1 Å². The molecule has 0 radical (unpaired) electrons. The van der Waals surface area contributed by atoms with Gasteiger partial charge in [0.25, 0.3) is 0 Å². The Balaban J connectivity index is 2.02. The Bertz CT molecular complexity index is 500. The molecule has 0 aromatic heterocycles. The summed E-state index contributed by atoms with van der Waals surface area (Å²) in [6, 6.07) is 0. The molecule has 0 saturated carbocycles. The molecule has 1 saturated heterocycles. The molecule has 0 atom stereocenters. The van der Waals surface area contributed by atoms with E-state index in [9.17, 15) is 0 Å². The molecule has 0 unspecified atom stereocenters. The minimum Gasteiger partial charge on any atom is -0.378 e. The average molecular weight is 538 g/mol. The maximum absolute atomic E-state index is 6.42. The minimum atomic E-state index is 0.0171. The highest BCUT2D eigenvalue weighted by Crippen LogP contribution is 2.40. The lowest BCUT2D eigenvalue weighted by atomic mass is 9.80. The molecule has 1 aliphatic rings. The van der Waals surface area contributed by atoms with Crippen molar-refractivity contribution in [2.24, 2.45) is 0 Å². The molecule has 1 rings (SSSR count). The van der Waals surface area contributed by atoms with Gasteiger partial charge in [-0.1, -0.05) is 142 Å². The van der Waals surface area contributed by atoms with Crippen LogP contribution in [0.1, 0.15) is 196 Å². The molecule has 0 aliphatic carbocycles. The molecule has 1 fully saturated rings. The summed E-state index contributed by atoms with van der Waals surface area (Å²) in [7, 11) is 0. The molecule has 0 aromatic rings. The summed E-state index contributed by atoms with van der Waals surface area (Å²) >= 11 is 0. The lowest BCUT2D eigenvalue weighted by Gasteiger charge is -2.53. The first-order chi connectivity index (χ1) is 18.3. The van der Waals surface area contributed by atoms with Crippen LogP contribution in [0, 0.1) is 0 Å². The second kappa shape index (κ2) is 22.6. The van der Waals surface area contributed by atoms with E-state index in [1.807, 2.05) is 0 Å². The Kier molecular flexibility index (Phi) is 21.3. The lowest BCUT2D eigenvalue weighted by molar-refractivity contribution is -0.295. The van der Waals surface area contributed by atoms with Crippen LogP contribution in [0.5, 0.6) is 0 Å². The van der Waals surface area contributed by atoms with Crippen molar-refractivity contribution in [1.29, 1.82) is 0 Å². The van der Waals surface area contributed by atoms with Gasteiger partial charge in [0.05, 0.1) is 12.7 Å². The quantitative estimate of drug-likeness (QED) is 0.102. The van der Waals surface area contributed by atoms with E-state index in [4.69, 9.17) is 9.57 Å². The molecule has 3 heteroatoms. The van der Waals surface area contributed by atoms with E-state index in [1.165, 1.54) is 141 Å². The fraction of sp³-hybridized carbons (Fsp3) is 1.00. The van der Waals surface area contributed by atoms with Crippen LogP contribution in [0.25, 0.3) is 0 Å². The Morgan fingerprint density at radius 2 is 0.789 bits per heavy atom. The Hall–Kier alpha value is -0.120. The monoisotopic (exact) mass is 538 g/mol. The molecule has 0 bridgehead atoms. The largest absolute Gasteiger partial charge is 0.378 e. The van der Waals surface area contributed by atoms with Gasteiger partial charge in [0, 0.05) is 17.7 Å². The third-order valence-corrected chi connectivity index (χ3v) is 8.62. The molecule has 0 amide bonds. The van der Waals surface area contributed by atoms with Gasteiger partial charge in [-0.2, -0.15) is 5.06 Å². The number of hydrogen-bond donors (Lipinski definition) is 0. The van der Waals surface area contributed by atoms with E-state index in [2.05, 4.69) is 46.6 Å². The van der Waals surface area contributed by atoms with Gasteiger partial charge in [-0.25, -0.2) is 0 Å². The third-order valence-electron chi connectivity index (χ3n) is 8.62. The van der Waals surface area contributed by atoms with Gasteiger partial charge in [-0.15, -0.1) is 0 Å². The zero-order valence-electron chi connectivity index (χ0n) is 27.2. The van der Waals surface area contributed by atoms with Gasteiger partial charge in [0.2, 0.25) is 0 Å². The molecule has 38 heavy (non-hydrogen) atoms. The third kappa shape index (κ3) is 17.5. The Labute approximate surface area is 240 Å². The Morgan fingerprint density at radius 1 is 0.474 bits per heavy atom. The molecular weight excluding hydrogens is 466 g/mol. The van der Waals surface area contributed by atoms with Crippen molar-refractivity contribution in [3.8, 4) is 0 Å². The summed E-state index contributed by atoms with van der Waals surface area (Å²) in [6.45, 7) is 15.7. The predicted molar refractivity (Wildman–Crippen MR) is 168 cm³/mol. The van der Waals surface area contributed by atoms with Crippen molar-refractivity contribution in [3.05, 3.63) is 0 Å². The van der Waals surface area contributed by atoms with E-state index in [1.54, 1.807) is 0 Å². The normalized spacial score (nSPS) is 17.8. The van der Waals surface area contributed by atoms with Crippen molar-refractivity contribution < 1.29 is 9.57 Å². The van der Waals surface area contributed by atoms with Gasteiger partial charge < -0.3 is 4.74 Å². The van der Waals surface area contributed by atoms with Crippen LogP contribution in [0.15, 0.2) is 0 Å². The molecule has 3 nitrogen and oxygen atoms in total. The molecule has 0 aromatic carbocycles. The van der Waals surface area contributed by atoms with Gasteiger partial charge >= 0.3 is 0 Å². The van der Waals surface area contributed by atoms with Crippen LogP contribution in [-0.4, -0.2) is 35.5 Å². The number of hydrogen-bond acceptors (Lipinski definition) is 3. The summed E-state index contributed by atoms with van der Waals surface area (Å²) < 4.78 is 6.42. The molecule has 0 N–H and O–H groups in total. The standard InChI is InChI=1S/C35H71NO2/c1-7-9-11-13-15-16-17-18-19-20-21-22-23-24-25-27-29-37-33-31-34(3,4)36(35(5,6)32-33)38-30-28-26-14-12-10-8-2/h33H,7-32H2,1-6H3. The number of unbranched alkanes of at least 4 members (excludes halogenated alkanes) is 20. The van der Waals surface area contributed by atoms with E-state index in [0.29, 0.717) is 6.10 Å². The zero-order chi connectivity index (χ0) is 28.0. The van der Waals surface area contributed by atoms with Crippen LogP contribution < -0.4 is 0 Å². The van der Waals surface area contributed by atoms with Crippen molar-refractivity contribution >= 4 is 0 Å². The van der Waals surface area contributed by atoms with Crippen LogP contribution >= 0.6 is 0 Å². The predicted octanol–water partition coefficient (Wildman–Crippen LogP) is 11.6. The van der Waals surface area contributed by atoms with E-state index < -0.39 is 0 Å². The second-order valence-electron chi connectivity index (χ2n) is 13.7. The first kappa shape index (κ1) is 35.9. The summed E-state index contributed by atoms with van der Waals surface area (Å²) in [4.78, 5) is 6.38. The number of rotatable bonds is 26. The number of ether oxygens (including phenoxy) is 1. The van der Waals surface area contributed by atoms with E-state index in [0.717, 1.165) is 26.1 Å². The first-order valence-corrected chi connectivity index (χ1v) is 17.4. The van der Waals surface area contributed by atoms with Gasteiger partial charge in [0.1, 0.15) is 0 Å². The number of hydroxylamine groups is 2. The average Bonchev–Trinajstić information content (AvgIpc) is 2.86. The highest BCUT2D eigenvalue weighted by atomic mass is 16.7. The maximum atomic E-state index is 6.42. The fourth-order valence-electron chi connectivity index (χ4n) is 6.58. The SMILES string of the molecule is CCCCCCCCCCCCCCCCCCOC1CC(C)(C)N(OCCCCCCCC)C(C)(C)C1. The van der Waals surface area contributed by atoms with Crippen molar-refractivity contribution in [1.82, 2.24) is 5.06 Å². The summed E-state index contributed by atoms with van der Waals surface area (Å²) in [5.74, 6) is 0. The van der Waals surface area contributed by atoms with Crippen LogP contribution in [0.4, 0.5) is 0 Å².